The lowest BCUT2D eigenvalue weighted by molar-refractivity contribution is 0.221. The summed E-state index contributed by atoms with van der Waals surface area (Å²) in [5, 5.41) is 0.883. The maximum Gasteiger partial charge on any atom is 0.397 e. The average Bonchev–Trinajstić information content (AvgIpc) is 2.38. The van der Waals surface area contributed by atoms with E-state index in [1.54, 1.807) is 6.07 Å². The minimum atomic E-state index is -1.43. The van der Waals surface area contributed by atoms with Gasteiger partial charge in [-0.3, -0.25) is 0 Å². The molecule has 0 aliphatic carbocycles. The topological polar surface area (TPSA) is 57.9 Å². The molecule has 0 bridgehead atoms. The van der Waals surface area contributed by atoms with E-state index in [9.17, 15) is 4.79 Å². The van der Waals surface area contributed by atoms with Gasteiger partial charge in [-0.05, 0) is 38.5 Å². The molecule has 0 atom stereocenters. The second-order valence-corrected chi connectivity index (χ2v) is 5.20. The molecule has 0 spiro atoms. The predicted octanol–water partition coefficient (Wildman–Crippen LogP) is 3.78. The molecule has 1 heterocycles. The van der Waals surface area contributed by atoms with E-state index in [1.165, 1.54) is 6.07 Å². The van der Waals surface area contributed by atoms with E-state index in [1.807, 2.05) is 32.9 Å². The molecule has 0 saturated heterocycles. The van der Waals surface area contributed by atoms with Crippen LogP contribution in [0.4, 0.5) is 0 Å². The molecule has 0 amide bonds. The number of aryl methyl sites for hydroxylation is 1. The minimum absolute atomic E-state index is 0.371. The molecule has 0 unspecified atom stereocenters. The summed E-state index contributed by atoms with van der Waals surface area (Å²) in [4.78, 5) is 11.4. The first-order chi connectivity index (χ1) is 9.63. The van der Waals surface area contributed by atoms with Crippen molar-refractivity contribution >= 4 is 19.6 Å². The lowest BCUT2D eigenvalue weighted by Gasteiger charge is -2.15. The fourth-order valence-electron chi connectivity index (χ4n) is 1.75. The molecule has 108 valence electrons. The van der Waals surface area contributed by atoms with Gasteiger partial charge in [-0.2, -0.15) is 0 Å². The van der Waals surface area contributed by atoms with Gasteiger partial charge in [-0.1, -0.05) is 0 Å². The fraction of sp³-hybridized carbons (Fsp3) is 0.357. The number of rotatable bonds is 6. The Bertz CT molecular complexity index is 631. The molecule has 1 aromatic carbocycles. The Morgan fingerprint density at radius 1 is 1.15 bits per heavy atom. The Hall–Kier alpha value is -1.42. The van der Waals surface area contributed by atoms with Crippen molar-refractivity contribution in [2.24, 2.45) is 0 Å². The van der Waals surface area contributed by atoms with Crippen molar-refractivity contribution in [1.29, 1.82) is 0 Å². The minimum Gasteiger partial charge on any atom is -0.427 e. The highest BCUT2D eigenvalue weighted by molar-refractivity contribution is 7.42. The van der Waals surface area contributed by atoms with Crippen LogP contribution < -0.4 is 10.1 Å². The van der Waals surface area contributed by atoms with Crippen LogP contribution in [0, 0.1) is 6.92 Å². The second kappa shape index (κ2) is 6.84. The molecular formula is C14H17O5P. The summed E-state index contributed by atoms with van der Waals surface area (Å²) >= 11 is 0. The number of benzene rings is 1. The van der Waals surface area contributed by atoms with Crippen LogP contribution in [-0.2, 0) is 9.05 Å². The summed E-state index contributed by atoms with van der Waals surface area (Å²) in [7, 11) is -1.43. The van der Waals surface area contributed by atoms with Crippen LogP contribution in [0.25, 0.3) is 11.0 Å². The van der Waals surface area contributed by atoms with E-state index < -0.39 is 8.60 Å². The average molecular weight is 296 g/mol. The lowest BCUT2D eigenvalue weighted by atomic mass is 10.1. The third-order valence-electron chi connectivity index (χ3n) is 2.57. The zero-order valence-corrected chi connectivity index (χ0v) is 12.6. The van der Waals surface area contributed by atoms with E-state index in [-0.39, 0.29) is 5.63 Å². The summed E-state index contributed by atoms with van der Waals surface area (Å²) in [6.45, 7) is 6.63. The van der Waals surface area contributed by atoms with E-state index in [0.717, 1.165) is 10.9 Å². The second-order valence-electron chi connectivity index (χ2n) is 4.06. The van der Waals surface area contributed by atoms with Crippen molar-refractivity contribution < 1.29 is 18.0 Å². The smallest absolute Gasteiger partial charge is 0.397 e. The van der Waals surface area contributed by atoms with Crippen molar-refractivity contribution in [3.05, 3.63) is 40.2 Å². The van der Waals surface area contributed by atoms with Crippen molar-refractivity contribution in [3.63, 3.8) is 0 Å². The molecule has 1 aromatic heterocycles. The van der Waals surface area contributed by atoms with E-state index in [4.69, 9.17) is 18.0 Å². The molecular weight excluding hydrogens is 279 g/mol. The summed E-state index contributed by atoms with van der Waals surface area (Å²) in [6, 6.07) is 6.81. The van der Waals surface area contributed by atoms with E-state index in [0.29, 0.717) is 24.5 Å². The van der Waals surface area contributed by atoms with Crippen molar-refractivity contribution in [1.82, 2.24) is 0 Å². The van der Waals surface area contributed by atoms with Gasteiger partial charge >= 0.3 is 14.2 Å². The fourth-order valence-corrected chi connectivity index (χ4v) is 2.64. The third-order valence-corrected chi connectivity index (χ3v) is 3.87. The Kier molecular flexibility index (Phi) is 5.12. The van der Waals surface area contributed by atoms with Crippen LogP contribution in [0.1, 0.15) is 19.4 Å². The van der Waals surface area contributed by atoms with Gasteiger partial charge in [0, 0.05) is 17.5 Å². The molecule has 0 N–H and O–H groups in total. The van der Waals surface area contributed by atoms with Gasteiger partial charge in [-0.25, -0.2) is 4.79 Å². The highest BCUT2D eigenvalue weighted by Crippen LogP contribution is 2.40. The summed E-state index contributed by atoms with van der Waals surface area (Å²) in [6.07, 6.45) is 0. The Balaban J connectivity index is 2.29. The van der Waals surface area contributed by atoms with Crippen LogP contribution in [-0.4, -0.2) is 13.2 Å². The molecule has 0 saturated carbocycles. The van der Waals surface area contributed by atoms with E-state index in [2.05, 4.69) is 0 Å². The van der Waals surface area contributed by atoms with Gasteiger partial charge in [0.1, 0.15) is 11.3 Å². The Morgan fingerprint density at radius 2 is 1.85 bits per heavy atom. The number of hydrogen-bond donors (Lipinski definition) is 0. The van der Waals surface area contributed by atoms with Gasteiger partial charge < -0.3 is 18.0 Å². The largest absolute Gasteiger partial charge is 0.427 e. The van der Waals surface area contributed by atoms with Crippen LogP contribution in [0.15, 0.2) is 33.5 Å². The molecule has 0 fully saturated rings. The highest BCUT2D eigenvalue weighted by atomic mass is 31.2. The quantitative estimate of drug-likeness (QED) is 0.599. The predicted molar refractivity (Wildman–Crippen MR) is 78.0 cm³/mol. The van der Waals surface area contributed by atoms with Crippen LogP contribution in [0.5, 0.6) is 5.75 Å². The van der Waals surface area contributed by atoms with E-state index >= 15 is 0 Å². The molecule has 2 rings (SSSR count). The number of hydrogen-bond acceptors (Lipinski definition) is 5. The first-order valence-corrected chi connectivity index (χ1v) is 7.52. The maximum absolute atomic E-state index is 11.4. The number of fused-ring (bicyclic) bond motifs is 1. The summed E-state index contributed by atoms with van der Waals surface area (Å²) in [5.74, 6) is 0.555. The van der Waals surface area contributed by atoms with Crippen molar-refractivity contribution in [3.8, 4) is 5.75 Å². The summed E-state index contributed by atoms with van der Waals surface area (Å²) in [5.41, 5.74) is 0.999. The van der Waals surface area contributed by atoms with Gasteiger partial charge in [0.25, 0.3) is 0 Å². The summed E-state index contributed by atoms with van der Waals surface area (Å²) < 4.78 is 21.6. The monoisotopic (exact) mass is 296 g/mol. The first kappa shape index (κ1) is 15.0. The standard InChI is InChI=1S/C14H17O5P/c1-4-16-20(17-5-2)19-11-6-7-12-10(3)8-14(15)18-13(12)9-11/h6-9H,4-5H2,1-3H3. The van der Waals surface area contributed by atoms with Crippen molar-refractivity contribution in [2.75, 3.05) is 13.2 Å². The molecule has 0 aliphatic heterocycles. The van der Waals surface area contributed by atoms with Gasteiger partial charge in [0.05, 0.1) is 13.2 Å². The Morgan fingerprint density at radius 3 is 2.50 bits per heavy atom. The highest BCUT2D eigenvalue weighted by Gasteiger charge is 2.14. The van der Waals surface area contributed by atoms with Gasteiger partial charge in [0.15, 0.2) is 0 Å². The zero-order valence-electron chi connectivity index (χ0n) is 11.7. The Labute approximate surface area is 118 Å². The first-order valence-electron chi connectivity index (χ1n) is 6.42. The van der Waals surface area contributed by atoms with Gasteiger partial charge in [0.2, 0.25) is 0 Å². The molecule has 2 aromatic rings. The zero-order chi connectivity index (χ0) is 14.5. The molecule has 0 radical (unpaired) electrons. The molecule has 5 nitrogen and oxygen atoms in total. The van der Waals surface area contributed by atoms with Gasteiger partial charge in [-0.15, -0.1) is 0 Å². The van der Waals surface area contributed by atoms with Crippen LogP contribution >= 0.6 is 8.60 Å². The SMILES string of the molecule is CCOP(OCC)Oc1ccc2c(C)cc(=O)oc2c1. The van der Waals surface area contributed by atoms with Crippen LogP contribution in [0.2, 0.25) is 0 Å². The maximum atomic E-state index is 11.4. The normalized spacial score (nSPS) is 11.2. The third kappa shape index (κ3) is 3.57. The van der Waals surface area contributed by atoms with Crippen molar-refractivity contribution in [2.45, 2.75) is 20.8 Å². The molecule has 6 heteroatoms. The molecule has 20 heavy (non-hydrogen) atoms. The van der Waals surface area contributed by atoms with Crippen LogP contribution in [0.3, 0.4) is 0 Å². The molecule has 0 aliphatic rings. The lowest BCUT2D eigenvalue weighted by Crippen LogP contribution is -1.99.